The minimum absolute atomic E-state index is 0.0491. The number of carbonyl (C=O) groups is 2. The van der Waals surface area contributed by atoms with Gasteiger partial charge in [-0.1, -0.05) is 25.1 Å². The summed E-state index contributed by atoms with van der Waals surface area (Å²) in [5, 5.41) is 4.11. The van der Waals surface area contributed by atoms with Gasteiger partial charge in [-0.25, -0.2) is 4.79 Å². The lowest BCUT2D eigenvalue weighted by molar-refractivity contribution is -0.137. The molecular formula is C22H25F3N4O2. The molecule has 2 aromatic rings. The first-order chi connectivity index (χ1) is 14.7. The van der Waals surface area contributed by atoms with Crippen LogP contribution in [0, 0.1) is 5.41 Å². The standard InChI is InChI=1S/C22H25F3N4O2/c1-2-19(30)18-6-9-29(26-18)20(31)28-11-8-21(15-28)7-10-27(14-21)13-16-4-3-5-17(12-16)22(23,24)25/h3-6,9,12H,2,7-8,10-11,13-15H2,1H3. The van der Waals surface area contributed by atoms with Crippen molar-refractivity contribution >= 4 is 11.8 Å². The van der Waals surface area contributed by atoms with Crippen molar-refractivity contribution < 1.29 is 22.8 Å². The van der Waals surface area contributed by atoms with Crippen molar-refractivity contribution in [3.8, 4) is 0 Å². The fourth-order valence-electron chi connectivity index (χ4n) is 4.60. The first kappa shape index (κ1) is 21.5. The number of likely N-dealkylation sites (tertiary alicyclic amines) is 2. The minimum Gasteiger partial charge on any atom is -0.322 e. The highest BCUT2D eigenvalue weighted by Gasteiger charge is 2.45. The van der Waals surface area contributed by atoms with Crippen LogP contribution in [0.4, 0.5) is 18.0 Å². The van der Waals surface area contributed by atoms with E-state index in [2.05, 4.69) is 10.00 Å². The number of benzene rings is 1. The summed E-state index contributed by atoms with van der Waals surface area (Å²) in [5.74, 6) is -0.106. The van der Waals surface area contributed by atoms with Crippen LogP contribution < -0.4 is 0 Å². The highest BCUT2D eigenvalue weighted by Crippen LogP contribution is 2.40. The monoisotopic (exact) mass is 434 g/mol. The van der Waals surface area contributed by atoms with Crippen molar-refractivity contribution in [2.45, 2.75) is 38.9 Å². The Balaban J connectivity index is 1.37. The summed E-state index contributed by atoms with van der Waals surface area (Å²) in [5.41, 5.74) is 0.254. The molecule has 0 radical (unpaired) electrons. The van der Waals surface area contributed by atoms with E-state index >= 15 is 0 Å². The number of alkyl halides is 3. The highest BCUT2D eigenvalue weighted by atomic mass is 19.4. The number of amides is 1. The summed E-state index contributed by atoms with van der Waals surface area (Å²) >= 11 is 0. The zero-order valence-electron chi connectivity index (χ0n) is 17.4. The first-order valence-electron chi connectivity index (χ1n) is 10.5. The van der Waals surface area contributed by atoms with Crippen molar-refractivity contribution in [1.82, 2.24) is 19.6 Å². The molecule has 4 rings (SSSR count). The SMILES string of the molecule is CCC(=O)c1ccn(C(=O)N2CCC3(CCN(Cc4cccc(C(F)(F)F)c4)C3)C2)n1. The summed E-state index contributed by atoms with van der Waals surface area (Å²) in [6.45, 7) is 4.93. The third kappa shape index (κ3) is 4.51. The summed E-state index contributed by atoms with van der Waals surface area (Å²) in [7, 11) is 0. The van der Waals surface area contributed by atoms with E-state index in [4.69, 9.17) is 0 Å². The van der Waals surface area contributed by atoms with Gasteiger partial charge in [-0.05, 0) is 37.1 Å². The molecule has 0 saturated carbocycles. The second-order valence-electron chi connectivity index (χ2n) is 8.54. The van der Waals surface area contributed by atoms with Crippen molar-refractivity contribution in [3.05, 3.63) is 53.3 Å². The van der Waals surface area contributed by atoms with E-state index in [0.717, 1.165) is 32.0 Å². The van der Waals surface area contributed by atoms with E-state index in [-0.39, 0.29) is 22.9 Å². The molecule has 9 heteroatoms. The van der Waals surface area contributed by atoms with Gasteiger partial charge in [0.2, 0.25) is 0 Å². The maximum atomic E-state index is 13.0. The Morgan fingerprint density at radius 3 is 2.65 bits per heavy atom. The van der Waals surface area contributed by atoms with E-state index in [1.807, 2.05) is 0 Å². The van der Waals surface area contributed by atoms with Gasteiger partial charge in [0.15, 0.2) is 5.78 Å². The molecule has 2 aliphatic heterocycles. The summed E-state index contributed by atoms with van der Waals surface area (Å²) in [4.78, 5) is 28.5. The molecule has 166 valence electrons. The Labute approximate surface area is 178 Å². The molecule has 1 aromatic carbocycles. The van der Waals surface area contributed by atoms with Gasteiger partial charge in [-0.3, -0.25) is 9.69 Å². The first-order valence-corrected chi connectivity index (χ1v) is 10.5. The maximum absolute atomic E-state index is 13.0. The molecule has 1 unspecified atom stereocenters. The molecule has 1 amide bonds. The molecule has 0 N–H and O–H groups in total. The van der Waals surface area contributed by atoms with E-state index in [0.29, 0.717) is 31.6 Å². The molecule has 2 aliphatic rings. The fraction of sp³-hybridized carbons (Fsp3) is 0.500. The molecule has 1 atom stereocenters. The molecular weight excluding hydrogens is 409 g/mol. The smallest absolute Gasteiger partial charge is 0.322 e. The van der Waals surface area contributed by atoms with Crippen LogP contribution in [0.25, 0.3) is 0 Å². The quantitative estimate of drug-likeness (QED) is 0.681. The van der Waals surface area contributed by atoms with E-state index in [1.165, 1.54) is 23.0 Å². The lowest BCUT2D eigenvalue weighted by Crippen LogP contribution is -2.36. The van der Waals surface area contributed by atoms with E-state index < -0.39 is 11.7 Å². The van der Waals surface area contributed by atoms with Crippen LogP contribution in [0.1, 0.15) is 47.8 Å². The third-order valence-electron chi connectivity index (χ3n) is 6.28. The van der Waals surface area contributed by atoms with Crippen molar-refractivity contribution in [3.63, 3.8) is 0 Å². The lowest BCUT2D eigenvalue weighted by Gasteiger charge is -2.25. The average molecular weight is 434 g/mol. The number of carbonyl (C=O) groups excluding carboxylic acids is 2. The van der Waals surface area contributed by atoms with E-state index in [9.17, 15) is 22.8 Å². The van der Waals surface area contributed by atoms with Crippen LogP contribution in [-0.2, 0) is 12.7 Å². The Hall–Kier alpha value is -2.68. The number of Topliss-reactive ketones (excluding diaryl/α,β-unsaturated/α-hetero) is 1. The summed E-state index contributed by atoms with van der Waals surface area (Å²) in [6.07, 6.45) is -0.749. The largest absolute Gasteiger partial charge is 0.416 e. The second kappa shape index (κ2) is 8.11. The van der Waals surface area contributed by atoms with Crippen molar-refractivity contribution in [2.75, 3.05) is 26.2 Å². The summed E-state index contributed by atoms with van der Waals surface area (Å²) in [6, 6.07) is 6.77. The number of ketones is 1. The molecule has 1 spiro atoms. The molecule has 0 aliphatic carbocycles. The maximum Gasteiger partial charge on any atom is 0.416 e. The Kier molecular flexibility index (Phi) is 5.63. The van der Waals surface area contributed by atoms with Crippen molar-refractivity contribution in [1.29, 1.82) is 0 Å². The molecule has 2 saturated heterocycles. The summed E-state index contributed by atoms with van der Waals surface area (Å²) < 4.78 is 40.1. The van der Waals surface area contributed by atoms with Gasteiger partial charge >= 0.3 is 12.2 Å². The van der Waals surface area contributed by atoms with Gasteiger partial charge in [0.05, 0.1) is 5.56 Å². The van der Waals surface area contributed by atoms with Gasteiger partial charge in [-0.2, -0.15) is 23.0 Å². The Morgan fingerprint density at radius 2 is 1.90 bits per heavy atom. The van der Waals surface area contributed by atoms with Crippen LogP contribution in [0.2, 0.25) is 0 Å². The van der Waals surface area contributed by atoms with Crippen LogP contribution in [0.5, 0.6) is 0 Å². The Bertz CT molecular complexity index is 987. The normalized spacial score (nSPS) is 21.9. The predicted molar refractivity (Wildman–Crippen MR) is 108 cm³/mol. The number of aromatic nitrogens is 2. The van der Waals surface area contributed by atoms with Crippen LogP contribution in [0.15, 0.2) is 36.5 Å². The zero-order valence-corrected chi connectivity index (χ0v) is 17.4. The number of hydrogen-bond acceptors (Lipinski definition) is 4. The van der Waals surface area contributed by atoms with Gasteiger partial charge in [-0.15, -0.1) is 0 Å². The van der Waals surface area contributed by atoms with Gasteiger partial charge < -0.3 is 4.90 Å². The minimum atomic E-state index is -4.34. The molecule has 31 heavy (non-hydrogen) atoms. The van der Waals surface area contributed by atoms with Crippen LogP contribution in [0.3, 0.4) is 0 Å². The van der Waals surface area contributed by atoms with Gasteiger partial charge in [0.25, 0.3) is 0 Å². The van der Waals surface area contributed by atoms with Crippen LogP contribution >= 0.6 is 0 Å². The highest BCUT2D eigenvalue weighted by molar-refractivity contribution is 5.94. The van der Waals surface area contributed by atoms with Crippen LogP contribution in [-0.4, -0.2) is 57.6 Å². The second-order valence-corrected chi connectivity index (χ2v) is 8.54. The van der Waals surface area contributed by atoms with E-state index in [1.54, 1.807) is 24.0 Å². The number of halogens is 3. The number of nitrogens with zero attached hydrogens (tertiary/aromatic N) is 4. The van der Waals surface area contributed by atoms with Gasteiger partial charge in [0, 0.05) is 44.2 Å². The van der Waals surface area contributed by atoms with Gasteiger partial charge in [0.1, 0.15) is 5.69 Å². The fourth-order valence-corrected chi connectivity index (χ4v) is 4.60. The predicted octanol–water partition coefficient (Wildman–Crippen LogP) is 4.06. The zero-order chi connectivity index (χ0) is 22.2. The number of rotatable bonds is 4. The molecule has 6 nitrogen and oxygen atoms in total. The molecule has 2 fully saturated rings. The molecule has 1 aromatic heterocycles. The number of hydrogen-bond donors (Lipinski definition) is 0. The lowest BCUT2D eigenvalue weighted by atomic mass is 9.86. The average Bonchev–Trinajstić information content (AvgIpc) is 3.47. The molecule has 0 bridgehead atoms. The molecule has 3 heterocycles. The topological polar surface area (TPSA) is 58.4 Å². The third-order valence-corrected chi connectivity index (χ3v) is 6.28. The Morgan fingerprint density at radius 1 is 1.13 bits per heavy atom. The van der Waals surface area contributed by atoms with Crippen molar-refractivity contribution in [2.24, 2.45) is 5.41 Å².